The number of nitriles is 1. The molecule has 0 radical (unpaired) electrons. The highest BCUT2D eigenvalue weighted by molar-refractivity contribution is 5.90. The Hall–Kier alpha value is -2.28. The van der Waals surface area contributed by atoms with E-state index in [0.717, 1.165) is 5.56 Å². The van der Waals surface area contributed by atoms with Crippen molar-refractivity contribution >= 4 is 5.78 Å². The van der Waals surface area contributed by atoms with Crippen LogP contribution >= 0.6 is 0 Å². The number of benzene rings is 1. The molecule has 1 unspecified atom stereocenters. The first-order chi connectivity index (χ1) is 8.24. The van der Waals surface area contributed by atoms with Crippen LogP contribution in [0.2, 0.25) is 0 Å². The van der Waals surface area contributed by atoms with E-state index in [4.69, 9.17) is 14.7 Å². The molecule has 1 aromatic carbocycles. The van der Waals surface area contributed by atoms with Crippen molar-refractivity contribution in [2.45, 2.75) is 12.5 Å². The van der Waals surface area contributed by atoms with E-state index in [1.807, 2.05) is 0 Å². The fourth-order valence-corrected chi connectivity index (χ4v) is 1.72. The molecule has 0 fully saturated rings. The van der Waals surface area contributed by atoms with Gasteiger partial charge in [0.25, 0.3) is 0 Å². The maximum atomic E-state index is 11.3. The third-order valence-electron chi connectivity index (χ3n) is 2.60. The van der Waals surface area contributed by atoms with Gasteiger partial charge in [-0.2, -0.15) is 5.26 Å². The van der Waals surface area contributed by atoms with Gasteiger partial charge < -0.3 is 9.47 Å². The van der Waals surface area contributed by atoms with Crippen LogP contribution < -0.4 is 4.74 Å². The molecule has 0 bridgehead atoms. The first-order valence-electron chi connectivity index (χ1n) is 5.17. The number of carbonyl (C=O) groups excluding carboxylic acids is 1. The lowest BCUT2D eigenvalue weighted by atomic mass is 10.0. The Bertz CT molecular complexity index is 514. The van der Waals surface area contributed by atoms with E-state index in [-0.39, 0.29) is 11.9 Å². The second-order valence-corrected chi connectivity index (χ2v) is 3.67. The van der Waals surface area contributed by atoms with Gasteiger partial charge in [-0.3, -0.25) is 4.79 Å². The van der Waals surface area contributed by atoms with Crippen LogP contribution in [-0.4, -0.2) is 12.9 Å². The lowest BCUT2D eigenvalue weighted by Crippen LogP contribution is -2.11. The van der Waals surface area contributed by atoms with E-state index in [1.165, 1.54) is 19.4 Å². The number of nitrogens with zero attached hydrogens (tertiary/aromatic N) is 1. The molecular weight excluding hydrogens is 218 g/mol. The quantitative estimate of drug-likeness (QED) is 0.779. The number of rotatable bonds is 2. The highest BCUT2D eigenvalue weighted by Gasteiger charge is 2.19. The number of allylic oxidation sites excluding steroid dienone is 1. The van der Waals surface area contributed by atoms with Crippen LogP contribution in [0.15, 0.2) is 30.5 Å². The normalized spacial score (nSPS) is 18.4. The van der Waals surface area contributed by atoms with Crippen molar-refractivity contribution in [3.63, 3.8) is 0 Å². The minimum atomic E-state index is -0.314. The molecule has 0 amide bonds. The standard InChI is InChI=1S/C13H11NO3/c1-16-12-3-2-9(6-10(12)8-14)13-7-11(15)4-5-17-13/h2-6,13H,7H2,1H3. The first kappa shape index (κ1) is 11.2. The topological polar surface area (TPSA) is 59.3 Å². The van der Waals surface area contributed by atoms with Crippen molar-refractivity contribution in [2.75, 3.05) is 7.11 Å². The van der Waals surface area contributed by atoms with Crippen LogP contribution in [0.3, 0.4) is 0 Å². The molecular formula is C13H11NO3. The Kier molecular flexibility index (Phi) is 3.10. The number of ether oxygens (including phenoxy) is 2. The SMILES string of the molecule is COc1ccc(C2CC(=O)C=CO2)cc1C#N. The highest BCUT2D eigenvalue weighted by atomic mass is 16.5. The van der Waals surface area contributed by atoms with Crippen molar-refractivity contribution in [1.29, 1.82) is 5.26 Å². The summed E-state index contributed by atoms with van der Waals surface area (Å²) in [4.78, 5) is 11.3. The monoisotopic (exact) mass is 229 g/mol. The van der Waals surface area contributed by atoms with Gasteiger partial charge in [-0.15, -0.1) is 0 Å². The molecule has 0 spiro atoms. The fourth-order valence-electron chi connectivity index (χ4n) is 1.72. The zero-order chi connectivity index (χ0) is 12.3. The van der Waals surface area contributed by atoms with Gasteiger partial charge in [-0.25, -0.2) is 0 Å². The Morgan fingerprint density at radius 2 is 2.35 bits per heavy atom. The fraction of sp³-hybridized carbons (Fsp3) is 0.231. The van der Waals surface area contributed by atoms with E-state index in [9.17, 15) is 4.79 Å². The molecule has 1 aliphatic heterocycles. The predicted molar refractivity (Wildman–Crippen MR) is 60.3 cm³/mol. The summed E-state index contributed by atoms with van der Waals surface area (Å²) in [5.41, 5.74) is 1.25. The molecule has 0 saturated carbocycles. The van der Waals surface area contributed by atoms with Crippen LogP contribution in [0.4, 0.5) is 0 Å². The number of ketones is 1. The molecule has 86 valence electrons. The number of carbonyl (C=O) groups is 1. The van der Waals surface area contributed by atoms with Crippen LogP contribution in [0.5, 0.6) is 5.75 Å². The molecule has 1 aliphatic rings. The highest BCUT2D eigenvalue weighted by Crippen LogP contribution is 2.28. The van der Waals surface area contributed by atoms with E-state index in [2.05, 4.69) is 6.07 Å². The lowest BCUT2D eigenvalue weighted by Gasteiger charge is -2.19. The summed E-state index contributed by atoms with van der Waals surface area (Å²) in [5.74, 6) is 0.546. The molecule has 0 aromatic heterocycles. The molecule has 0 saturated heterocycles. The van der Waals surface area contributed by atoms with Crippen LogP contribution in [0.1, 0.15) is 23.7 Å². The van der Waals surface area contributed by atoms with Crippen molar-refractivity contribution in [1.82, 2.24) is 0 Å². The van der Waals surface area contributed by atoms with Gasteiger partial charge in [0.05, 0.1) is 25.4 Å². The van der Waals surface area contributed by atoms with Crippen molar-refractivity contribution in [3.05, 3.63) is 41.7 Å². The van der Waals surface area contributed by atoms with Gasteiger partial charge in [0, 0.05) is 6.08 Å². The van der Waals surface area contributed by atoms with E-state index in [0.29, 0.717) is 17.7 Å². The smallest absolute Gasteiger partial charge is 0.162 e. The summed E-state index contributed by atoms with van der Waals surface area (Å²) < 4.78 is 10.4. The molecule has 17 heavy (non-hydrogen) atoms. The van der Waals surface area contributed by atoms with Gasteiger partial charge in [0.1, 0.15) is 17.9 Å². The van der Waals surface area contributed by atoms with Gasteiger partial charge in [-0.05, 0) is 17.7 Å². The average Bonchev–Trinajstić information content (AvgIpc) is 2.38. The molecule has 2 rings (SSSR count). The molecule has 4 nitrogen and oxygen atoms in total. The van der Waals surface area contributed by atoms with Gasteiger partial charge in [0.2, 0.25) is 0 Å². The van der Waals surface area contributed by atoms with Crippen LogP contribution in [0.25, 0.3) is 0 Å². The zero-order valence-electron chi connectivity index (χ0n) is 9.34. The predicted octanol–water partition coefficient (Wildman–Crippen LogP) is 2.11. The summed E-state index contributed by atoms with van der Waals surface area (Å²) in [7, 11) is 1.51. The van der Waals surface area contributed by atoms with Crippen molar-refractivity contribution in [2.24, 2.45) is 0 Å². The molecule has 1 atom stereocenters. The molecule has 4 heteroatoms. The maximum Gasteiger partial charge on any atom is 0.162 e. The van der Waals surface area contributed by atoms with Crippen molar-refractivity contribution in [3.8, 4) is 11.8 Å². The second kappa shape index (κ2) is 4.71. The van der Waals surface area contributed by atoms with Crippen LogP contribution in [-0.2, 0) is 9.53 Å². The van der Waals surface area contributed by atoms with Crippen LogP contribution in [0, 0.1) is 11.3 Å². The number of hydrogen-bond acceptors (Lipinski definition) is 4. The molecule has 1 aromatic rings. The average molecular weight is 229 g/mol. The minimum absolute atomic E-state index is 0.0237. The summed E-state index contributed by atoms with van der Waals surface area (Å²) in [6.45, 7) is 0. The third-order valence-corrected chi connectivity index (χ3v) is 2.60. The Morgan fingerprint density at radius 3 is 3.00 bits per heavy atom. The third kappa shape index (κ3) is 2.28. The molecule has 1 heterocycles. The van der Waals surface area contributed by atoms with E-state index in [1.54, 1.807) is 18.2 Å². The minimum Gasteiger partial charge on any atom is -0.495 e. The lowest BCUT2D eigenvalue weighted by molar-refractivity contribution is -0.118. The summed E-state index contributed by atoms with van der Waals surface area (Å²) in [6.07, 6.45) is 2.79. The van der Waals surface area contributed by atoms with E-state index >= 15 is 0 Å². The maximum absolute atomic E-state index is 11.3. The van der Waals surface area contributed by atoms with E-state index < -0.39 is 0 Å². The van der Waals surface area contributed by atoms with Gasteiger partial charge >= 0.3 is 0 Å². The largest absolute Gasteiger partial charge is 0.495 e. The van der Waals surface area contributed by atoms with Gasteiger partial charge in [0.15, 0.2) is 5.78 Å². The Balaban J connectivity index is 2.31. The van der Waals surface area contributed by atoms with Crippen molar-refractivity contribution < 1.29 is 14.3 Å². The summed E-state index contributed by atoms with van der Waals surface area (Å²) in [6, 6.07) is 7.25. The number of methoxy groups -OCH3 is 1. The van der Waals surface area contributed by atoms with Gasteiger partial charge in [-0.1, -0.05) is 6.07 Å². The summed E-state index contributed by atoms with van der Waals surface area (Å²) >= 11 is 0. The second-order valence-electron chi connectivity index (χ2n) is 3.67. The molecule has 0 aliphatic carbocycles. The zero-order valence-corrected chi connectivity index (χ0v) is 9.34. The molecule has 0 N–H and O–H groups in total. The summed E-state index contributed by atoms with van der Waals surface area (Å²) in [5, 5.41) is 8.97. The Morgan fingerprint density at radius 1 is 1.53 bits per heavy atom. The first-order valence-corrected chi connectivity index (χ1v) is 5.17. The number of hydrogen-bond donors (Lipinski definition) is 0. The Labute approximate surface area is 99.1 Å².